The van der Waals surface area contributed by atoms with E-state index in [4.69, 9.17) is 0 Å². The fourth-order valence-corrected chi connectivity index (χ4v) is 3.56. The number of hydrogen-bond acceptors (Lipinski definition) is 7. The number of carbonyl (C=O) groups is 1. The van der Waals surface area contributed by atoms with Crippen LogP contribution in [0.5, 0.6) is 0 Å². The van der Waals surface area contributed by atoms with Crippen LogP contribution < -0.4 is 9.80 Å². The quantitative estimate of drug-likeness (QED) is 0.479. The van der Waals surface area contributed by atoms with Crippen LogP contribution in [-0.4, -0.2) is 48.7 Å². The molecule has 1 aromatic carbocycles. The predicted octanol–water partition coefficient (Wildman–Crippen LogP) is 2.12. The molecule has 4 aromatic rings. The van der Waals surface area contributed by atoms with E-state index >= 15 is 0 Å². The van der Waals surface area contributed by atoms with Crippen molar-refractivity contribution in [2.45, 2.75) is 6.54 Å². The first kappa shape index (κ1) is 18.9. The van der Waals surface area contributed by atoms with Gasteiger partial charge in [-0.05, 0) is 17.7 Å². The zero-order valence-electron chi connectivity index (χ0n) is 16.7. The van der Waals surface area contributed by atoms with Gasteiger partial charge in [-0.15, -0.1) is 0 Å². The summed E-state index contributed by atoms with van der Waals surface area (Å²) in [7, 11) is 0. The summed E-state index contributed by atoms with van der Waals surface area (Å²) >= 11 is 0. The van der Waals surface area contributed by atoms with Crippen molar-refractivity contribution >= 4 is 17.5 Å². The molecular weight excluding hydrogens is 392 g/mol. The highest BCUT2D eigenvalue weighted by molar-refractivity contribution is 5.95. The van der Waals surface area contributed by atoms with Crippen LogP contribution in [0.15, 0.2) is 79.8 Å². The van der Waals surface area contributed by atoms with Crippen molar-refractivity contribution in [1.82, 2.24) is 29.7 Å². The van der Waals surface area contributed by atoms with Gasteiger partial charge in [-0.25, -0.2) is 24.6 Å². The van der Waals surface area contributed by atoms with Gasteiger partial charge in [0.2, 0.25) is 5.91 Å². The van der Waals surface area contributed by atoms with Gasteiger partial charge in [0.05, 0.1) is 12.5 Å². The monoisotopic (exact) mass is 412 g/mol. The molecular formula is C22H20N8O. The Labute approximate surface area is 179 Å². The molecule has 0 spiro atoms. The Morgan fingerprint density at radius 1 is 0.968 bits per heavy atom. The Morgan fingerprint density at radius 3 is 2.52 bits per heavy atom. The number of benzene rings is 1. The highest BCUT2D eigenvalue weighted by Gasteiger charge is 2.37. The number of anilines is 2. The third kappa shape index (κ3) is 3.97. The second kappa shape index (κ2) is 8.31. The summed E-state index contributed by atoms with van der Waals surface area (Å²) in [6.07, 6.45) is 6.25. The lowest BCUT2D eigenvalue weighted by molar-refractivity contribution is -0.123. The van der Waals surface area contributed by atoms with Crippen LogP contribution in [0.25, 0.3) is 5.82 Å². The van der Waals surface area contributed by atoms with Gasteiger partial charge < -0.3 is 4.90 Å². The van der Waals surface area contributed by atoms with Gasteiger partial charge in [0.25, 0.3) is 0 Å². The summed E-state index contributed by atoms with van der Waals surface area (Å²) in [4.78, 5) is 34.1. The van der Waals surface area contributed by atoms with Crippen LogP contribution in [0.4, 0.5) is 11.6 Å². The zero-order valence-corrected chi connectivity index (χ0v) is 16.7. The SMILES string of the molecule is O=C(C1CN(c2cc(-n3cncn3)ncn2)C1)N(Cc1ccccc1)c1ccccn1. The summed E-state index contributed by atoms with van der Waals surface area (Å²) in [5.41, 5.74) is 1.06. The molecule has 0 unspecified atom stereocenters. The summed E-state index contributed by atoms with van der Waals surface area (Å²) in [5, 5.41) is 4.10. The van der Waals surface area contributed by atoms with E-state index in [2.05, 4.69) is 29.9 Å². The highest BCUT2D eigenvalue weighted by Crippen LogP contribution is 2.27. The van der Waals surface area contributed by atoms with Gasteiger partial charge in [0.15, 0.2) is 5.82 Å². The lowest BCUT2D eigenvalue weighted by Gasteiger charge is -2.41. The molecule has 0 atom stereocenters. The summed E-state index contributed by atoms with van der Waals surface area (Å²) in [6.45, 7) is 1.66. The third-order valence-electron chi connectivity index (χ3n) is 5.22. The topological polar surface area (TPSA) is 92.9 Å². The number of rotatable bonds is 6. The van der Waals surface area contributed by atoms with Crippen molar-refractivity contribution in [2.24, 2.45) is 5.92 Å². The molecule has 9 heteroatoms. The van der Waals surface area contributed by atoms with Crippen molar-refractivity contribution in [3.63, 3.8) is 0 Å². The minimum absolute atomic E-state index is 0.0596. The number of carbonyl (C=O) groups excluding carboxylic acids is 1. The normalized spacial score (nSPS) is 13.6. The van der Waals surface area contributed by atoms with Crippen molar-refractivity contribution < 1.29 is 4.79 Å². The predicted molar refractivity (Wildman–Crippen MR) is 115 cm³/mol. The summed E-state index contributed by atoms with van der Waals surface area (Å²) in [5.74, 6) is 1.98. The standard InChI is InChI=1S/C22H20N8O/c31-22(29(19-8-4-5-9-24-19)11-17-6-2-1-3-7-17)18-12-28(13-18)20-10-21(26-15-25-20)30-16-23-14-27-30/h1-10,14-16,18H,11-13H2. The van der Waals surface area contributed by atoms with Crippen LogP contribution in [0.3, 0.4) is 0 Å². The number of pyridine rings is 1. The molecule has 154 valence electrons. The molecule has 5 rings (SSSR count). The minimum Gasteiger partial charge on any atom is -0.355 e. The first-order valence-electron chi connectivity index (χ1n) is 9.96. The molecule has 1 aliphatic rings. The molecule has 0 aliphatic carbocycles. The fraction of sp³-hybridized carbons (Fsp3) is 0.182. The van der Waals surface area contributed by atoms with Gasteiger partial charge in [-0.2, -0.15) is 5.10 Å². The molecule has 9 nitrogen and oxygen atoms in total. The van der Waals surface area contributed by atoms with E-state index in [1.54, 1.807) is 22.1 Å². The van der Waals surface area contributed by atoms with Gasteiger partial charge in [-0.3, -0.25) is 9.69 Å². The maximum atomic E-state index is 13.4. The third-order valence-corrected chi connectivity index (χ3v) is 5.22. The number of nitrogens with zero attached hydrogens (tertiary/aromatic N) is 8. The van der Waals surface area contributed by atoms with Crippen LogP contribution in [-0.2, 0) is 11.3 Å². The molecule has 3 aromatic heterocycles. The molecule has 1 fully saturated rings. The van der Waals surface area contributed by atoms with E-state index in [0.29, 0.717) is 31.3 Å². The number of hydrogen-bond donors (Lipinski definition) is 0. The van der Waals surface area contributed by atoms with Gasteiger partial charge in [0, 0.05) is 25.4 Å². The molecule has 1 aliphatic heterocycles. The zero-order chi connectivity index (χ0) is 21.0. The van der Waals surface area contributed by atoms with Gasteiger partial charge in [0.1, 0.15) is 30.6 Å². The summed E-state index contributed by atoms with van der Waals surface area (Å²) < 4.78 is 1.58. The maximum Gasteiger partial charge on any atom is 0.235 e. The maximum absolute atomic E-state index is 13.4. The average molecular weight is 412 g/mol. The molecule has 0 N–H and O–H groups in total. The Kier molecular flexibility index (Phi) is 5.05. The summed E-state index contributed by atoms with van der Waals surface area (Å²) in [6, 6.07) is 17.4. The average Bonchev–Trinajstić information content (AvgIpc) is 3.33. The fourth-order valence-electron chi connectivity index (χ4n) is 3.56. The molecule has 1 saturated heterocycles. The lowest BCUT2D eigenvalue weighted by Crippen LogP contribution is -2.55. The van der Waals surface area contributed by atoms with E-state index in [9.17, 15) is 4.79 Å². The molecule has 0 bridgehead atoms. The van der Waals surface area contributed by atoms with Crippen molar-refractivity contribution in [3.8, 4) is 5.82 Å². The van der Waals surface area contributed by atoms with E-state index < -0.39 is 0 Å². The molecule has 0 saturated carbocycles. The van der Waals surface area contributed by atoms with Crippen molar-refractivity contribution in [3.05, 3.63) is 85.3 Å². The molecule has 31 heavy (non-hydrogen) atoms. The Bertz CT molecular complexity index is 1140. The molecule has 4 heterocycles. The Balaban J connectivity index is 1.31. The highest BCUT2D eigenvalue weighted by atomic mass is 16.2. The first-order valence-corrected chi connectivity index (χ1v) is 9.96. The van der Waals surface area contributed by atoms with Crippen LogP contribution >= 0.6 is 0 Å². The van der Waals surface area contributed by atoms with E-state index in [1.807, 2.05) is 54.6 Å². The minimum atomic E-state index is -0.129. The Morgan fingerprint density at radius 2 is 1.77 bits per heavy atom. The van der Waals surface area contributed by atoms with Gasteiger partial charge >= 0.3 is 0 Å². The largest absolute Gasteiger partial charge is 0.355 e. The van der Waals surface area contributed by atoms with Crippen molar-refractivity contribution in [2.75, 3.05) is 22.9 Å². The second-order valence-corrected chi connectivity index (χ2v) is 7.27. The van der Waals surface area contributed by atoms with E-state index in [-0.39, 0.29) is 11.8 Å². The molecule has 1 amide bonds. The Hall–Kier alpha value is -4.14. The van der Waals surface area contributed by atoms with E-state index in [0.717, 1.165) is 11.4 Å². The second-order valence-electron chi connectivity index (χ2n) is 7.27. The lowest BCUT2D eigenvalue weighted by atomic mass is 9.98. The molecule has 0 radical (unpaired) electrons. The number of aromatic nitrogens is 6. The first-order chi connectivity index (χ1) is 15.3. The number of amides is 1. The van der Waals surface area contributed by atoms with Crippen LogP contribution in [0.2, 0.25) is 0 Å². The van der Waals surface area contributed by atoms with Crippen molar-refractivity contribution in [1.29, 1.82) is 0 Å². The van der Waals surface area contributed by atoms with Crippen LogP contribution in [0, 0.1) is 5.92 Å². The van der Waals surface area contributed by atoms with Crippen LogP contribution in [0.1, 0.15) is 5.56 Å². The van der Waals surface area contributed by atoms with E-state index in [1.165, 1.54) is 12.7 Å². The van der Waals surface area contributed by atoms with Gasteiger partial charge in [-0.1, -0.05) is 36.4 Å². The smallest absolute Gasteiger partial charge is 0.235 e.